The lowest BCUT2D eigenvalue weighted by molar-refractivity contribution is 0.0873. The zero-order chi connectivity index (χ0) is 25.4. The monoisotopic (exact) mass is 514 g/mol. The second kappa shape index (κ2) is 9.97. The summed E-state index contributed by atoms with van der Waals surface area (Å²) in [6, 6.07) is 17.3. The molecule has 0 amide bonds. The molecule has 1 fully saturated rings. The van der Waals surface area contributed by atoms with Gasteiger partial charge >= 0.3 is 0 Å². The number of aliphatic imine (C=N–C) groups is 1. The number of hydrogen-bond donors (Lipinski definition) is 2. The van der Waals surface area contributed by atoms with E-state index in [0.29, 0.717) is 17.3 Å². The van der Waals surface area contributed by atoms with Gasteiger partial charge in [0.15, 0.2) is 5.75 Å². The molecule has 1 atom stereocenters. The van der Waals surface area contributed by atoms with Crippen LogP contribution in [0.25, 0.3) is 11.4 Å². The molecule has 4 heterocycles. The highest BCUT2D eigenvalue weighted by atomic mass is 35.5. The second-order valence-electron chi connectivity index (χ2n) is 9.29. The summed E-state index contributed by atoms with van der Waals surface area (Å²) in [7, 11) is 0. The lowest BCUT2D eigenvalue weighted by Crippen LogP contribution is -2.49. The van der Waals surface area contributed by atoms with Crippen LogP contribution in [0.4, 0.5) is 5.69 Å². The summed E-state index contributed by atoms with van der Waals surface area (Å²) in [6.45, 7) is 5.55. The molecule has 0 bridgehead atoms. The van der Waals surface area contributed by atoms with Gasteiger partial charge in [0.05, 0.1) is 11.3 Å². The number of aryl methyl sites for hydroxylation is 1. The summed E-state index contributed by atoms with van der Waals surface area (Å²) in [5.41, 5.74) is 4.11. The van der Waals surface area contributed by atoms with Gasteiger partial charge in [-0.25, -0.2) is 9.98 Å². The fraction of sp³-hybridized carbons (Fsp3) is 0.250. The van der Waals surface area contributed by atoms with Gasteiger partial charge in [-0.3, -0.25) is 9.88 Å². The highest BCUT2D eigenvalue weighted by molar-refractivity contribution is 6.31. The van der Waals surface area contributed by atoms with Crippen molar-refractivity contribution in [1.29, 1.82) is 0 Å². The van der Waals surface area contributed by atoms with E-state index >= 15 is 0 Å². The number of rotatable bonds is 4. The third kappa shape index (κ3) is 4.83. The molecule has 2 aromatic carbocycles. The summed E-state index contributed by atoms with van der Waals surface area (Å²) in [5, 5.41) is 11.7. The number of H-pyrrole nitrogens is 1. The number of halogens is 1. The quantitative estimate of drug-likeness (QED) is 0.400. The predicted octanol–water partition coefficient (Wildman–Crippen LogP) is 4.97. The molecule has 0 spiro atoms. The summed E-state index contributed by atoms with van der Waals surface area (Å²) in [6.07, 6.45) is 2.80. The van der Waals surface area contributed by atoms with Crippen molar-refractivity contribution < 1.29 is 9.84 Å². The van der Waals surface area contributed by atoms with E-state index in [4.69, 9.17) is 21.3 Å². The summed E-state index contributed by atoms with van der Waals surface area (Å²) >= 11 is 6.36. The Morgan fingerprint density at radius 3 is 2.70 bits per heavy atom. The number of imidazole rings is 1. The van der Waals surface area contributed by atoms with E-state index in [-0.39, 0.29) is 0 Å². The molecule has 4 aromatic rings. The van der Waals surface area contributed by atoms with Crippen molar-refractivity contribution in [3.8, 4) is 22.9 Å². The molecule has 37 heavy (non-hydrogen) atoms. The van der Waals surface area contributed by atoms with Crippen molar-refractivity contribution in [2.75, 3.05) is 32.7 Å². The van der Waals surface area contributed by atoms with Gasteiger partial charge in [-0.1, -0.05) is 23.7 Å². The molecule has 1 saturated heterocycles. The lowest BCUT2D eigenvalue weighted by Gasteiger charge is -2.37. The molecule has 2 aromatic heterocycles. The number of aromatic amines is 1. The van der Waals surface area contributed by atoms with Crippen molar-refractivity contribution >= 4 is 23.1 Å². The molecule has 0 radical (unpaired) electrons. The Balaban J connectivity index is 1.17. The van der Waals surface area contributed by atoms with Gasteiger partial charge in [0.2, 0.25) is 0 Å². The molecule has 8 nitrogen and oxygen atoms in total. The maximum atomic E-state index is 11.0. The number of para-hydroxylation sites is 2. The summed E-state index contributed by atoms with van der Waals surface area (Å²) < 4.78 is 6.19. The van der Waals surface area contributed by atoms with Crippen molar-refractivity contribution in [1.82, 2.24) is 24.8 Å². The maximum Gasteiger partial charge on any atom is 0.153 e. The number of fused-ring (bicyclic) bond motifs is 2. The Morgan fingerprint density at radius 1 is 1.05 bits per heavy atom. The van der Waals surface area contributed by atoms with Gasteiger partial charge in [0, 0.05) is 61.4 Å². The van der Waals surface area contributed by atoms with Crippen molar-refractivity contribution in [2.24, 2.45) is 4.99 Å². The van der Waals surface area contributed by atoms with Gasteiger partial charge in [0.1, 0.15) is 29.2 Å². The second-order valence-corrected chi connectivity index (χ2v) is 9.72. The summed E-state index contributed by atoms with van der Waals surface area (Å²) in [5.74, 6) is 3.04. The maximum absolute atomic E-state index is 11.0. The van der Waals surface area contributed by atoms with Crippen LogP contribution in [0.3, 0.4) is 0 Å². The molecule has 0 aliphatic carbocycles. The molecule has 188 valence electrons. The third-order valence-electron chi connectivity index (χ3n) is 6.77. The molecule has 2 aliphatic rings. The van der Waals surface area contributed by atoms with E-state index in [9.17, 15) is 5.11 Å². The van der Waals surface area contributed by atoms with Crippen LogP contribution in [0.1, 0.15) is 23.1 Å². The van der Waals surface area contributed by atoms with Gasteiger partial charge in [-0.15, -0.1) is 0 Å². The lowest BCUT2D eigenvalue weighted by atomic mass is 10.1. The normalized spacial score (nSPS) is 16.3. The Bertz CT molecular complexity index is 1450. The van der Waals surface area contributed by atoms with Crippen LogP contribution in [-0.2, 0) is 0 Å². The highest BCUT2D eigenvalue weighted by Crippen LogP contribution is 2.39. The topological polar surface area (TPSA) is 89.9 Å². The standard InChI is InChI=1S/C28H27ClN6O2/c1-18-26(33-27(31-18)19-5-4-10-30-16-19)23(36)17-34-11-13-35(14-12-34)28-21-15-20(29)8-9-24(21)37-25-7-3-2-6-22(25)32-28/h2-10,15-16,23,36H,11-14,17H2,1H3,(H,31,33). The Morgan fingerprint density at radius 2 is 1.89 bits per heavy atom. The number of aromatic nitrogens is 3. The number of piperazine rings is 1. The number of nitrogens with one attached hydrogen (secondary N) is 1. The molecular weight excluding hydrogens is 488 g/mol. The smallest absolute Gasteiger partial charge is 0.153 e. The zero-order valence-electron chi connectivity index (χ0n) is 20.4. The molecule has 2 N–H and O–H groups in total. The fourth-order valence-electron chi connectivity index (χ4n) is 4.85. The van der Waals surface area contributed by atoms with E-state index < -0.39 is 6.10 Å². The van der Waals surface area contributed by atoms with Crippen LogP contribution in [0.2, 0.25) is 5.02 Å². The number of ether oxygens (including phenoxy) is 1. The predicted molar refractivity (Wildman–Crippen MR) is 144 cm³/mol. The Labute approximate surface area is 220 Å². The van der Waals surface area contributed by atoms with Crippen molar-refractivity contribution in [2.45, 2.75) is 13.0 Å². The first kappa shape index (κ1) is 23.7. The van der Waals surface area contributed by atoms with E-state index in [1.54, 1.807) is 12.4 Å². The molecule has 9 heteroatoms. The number of nitrogens with zero attached hydrogens (tertiary/aromatic N) is 5. The van der Waals surface area contributed by atoms with Gasteiger partial charge in [0.25, 0.3) is 0 Å². The number of aliphatic hydroxyl groups is 1. The van der Waals surface area contributed by atoms with E-state index in [0.717, 1.165) is 71.8 Å². The molecule has 2 aliphatic heterocycles. The molecule has 1 unspecified atom stereocenters. The van der Waals surface area contributed by atoms with Gasteiger partial charge in [-0.2, -0.15) is 0 Å². The van der Waals surface area contributed by atoms with E-state index in [2.05, 4.69) is 24.8 Å². The Hall–Kier alpha value is -3.72. The molecular formula is C28H27ClN6O2. The minimum Gasteiger partial charge on any atom is -0.454 e. The first-order valence-electron chi connectivity index (χ1n) is 12.3. The van der Waals surface area contributed by atoms with Crippen molar-refractivity contribution in [3.05, 3.63) is 89.0 Å². The SMILES string of the molecule is Cc1[nH]c(-c2cccnc2)nc1C(O)CN1CCN(C2=Nc3ccccc3Oc3ccc(Cl)cc32)CC1. The number of β-amino-alcohol motifs (C(OH)–C–C–N with tert-alkyl or cyclic N) is 1. The van der Waals surface area contributed by atoms with Crippen LogP contribution in [0.5, 0.6) is 11.5 Å². The number of amidine groups is 1. The zero-order valence-corrected chi connectivity index (χ0v) is 21.2. The van der Waals surface area contributed by atoms with Crippen LogP contribution >= 0.6 is 11.6 Å². The largest absolute Gasteiger partial charge is 0.454 e. The first-order valence-corrected chi connectivity index (χ1v) is 12.7. The minimum atomic E-state index is -0.691. The average Bonchev–Trinajstić information content (AvgIpc) is 3.24. The average molecular weight is 515 g/mol. The van der Waals surface area contributed by atoms with Crippen molar-refractivity contribution in [3.63, 3.8) is 0 Å². The molecule has 6 rings (SSSR count). The van der Waals surface area contributed by atoms with E-state index in [1.165, 1.54) is 0 Å². The Kier molecular flexibility index (Phi) is 6.38. The fourth-order valence-corrected chi connectivity index (χ4v) is 5.02. The van der Waals surface area contributed by atoms with Crippen LogP contribution in [0.15, 0.2) is 72.0 Å². The van der Waals surface area contributed by atoms with Crippen LogP contribution in [0, 0.1) is 6.92 Å². The number of pyridine rings is 1. The van der Waals surface area contributed by atoms with Gasteiger partial charge in [-0.05, 0) is 49.4 Å². The number of hydrogen-bond acceptors (Lipinski definition) is 7. The number of benzene rings is 2. The first-order chi connectivity index (χ1) is 18.0. The molecule has 0 saturated carbocycles. The number of aliphatic hydroxyl groups excluding tert-OH is 1. The van der Waals surface area contributed by atoms with Gasteiger partial charge < -0.3 is 19.7 Å². The van der Waals surface area contributed by atoms with Crippen LogP contribution in [-0.4, -0.2) is 68.4 Å². The van der Waals surface area contributed by atoms with Crippen LogP contribution < -0.4 is 4.74 Å². The van der Waals surface area contributed by atoms with E-state index in [1.807, 2.05) is 61.5 Å². The summed E-state index contributed by atoms with van der Waals surface area (Å²) in [4.78, 5) is 21.6. The third-order valence-corrected chi connectivity index (χ3v) is 7.01. The minimum absolute atomic E-state index is 0.507. The highest BCUT2D eigenvalue weighted by Gasteiger charge is 2.28.